The first kappa shape index (κ1) is 8.86. The van der Waals surface area contributed by atoms with Crippen LogP contribution in [0.5, 0.6) is 0 Å². The van der Waals surface area contributed by atoms with Crippen molar-refractivity contribution < 1.29 is 9.90 Å². The standard InChI is InChI=1S/C10H12O2/c1-2-3-4-5-6-8-7-9(8)10(11)12/h1,7,9H,3-6H2,(H,11,12)/t9-/m1/s1. The van der Waals surface area contributed by atoms with Crippen molar-refractivity contribution in [2.45, 2.75) is 25.7 Å². The van der Waals surface area contributed by atoms with Crippen LogP contribution in [-0.4, -0.2) is 11.1 Å². The second-order valence-electron chi connectivity index (χ2n) is 2.97. The Morgan fingerprint density at radius 3 is 2.92 bits per heavy atom. The lowest BCUT2D eigenvalue weighted by Crippen LogP contribution is -1.99. The number of carbonyl (C=O) groups is 1. The number of terminal acetylenes is 1. The summed E-state index contributed by atoms with van der Waals surface area (Å²) >= 11 is 0. The lowest BCUT2D eigenvalue weighted by molar-refractivity contribution is -0.137. The molecule has 2 nitrogen and oxygen atoms in total. The van der Waals surface area contributed by atoms with Crippen LogP contribution in [0.1, 0.15) is 25.7 Å². The van der Waals surface area contributed by atoms with Gasteiger partial charge in [-0.2, -0.15) is 0 Å². The molecule has 0 unspecified atom stereocenters. The molecule has 0 aromatic heterocycles. The third-order valence-corrected chi connectivity index (χ3v) is 1.97. The zero-order chi connectivity index (χ0) is 8.97. The van der Waals surface area contributed by atoms with E-state index in [2.05, 4.69) is 5.92 Å². The van der Waals surface area contributed by atoms with E-state index in [4.69, 9.17) is 11.5 Å². The second kappa shape index (κ2) is 3.96. The Hall–Kier alpha value is -1.23. The van der Waals surface area contributed by atoms with Gasteiger partial charge in [0.2, 0.25) is 0 Å². The van der Waals surface area contributed by atoms with Crippen LogP contribution in [0.15, 0.2) is 11.6 Å². The monoisotopic (exact) mass is 164 g/mol. The van der Waals surface area contributed by atoms with Crippen LogP contribution in [0.3, 0.4) is 0 Å². The molecule has 0 fully saturated rings. The molecule has 0 saturated carbocycles. The van der Waals surface area contributed by atoms with E-state index < -0.39 is 5.97 Å². The van der Waals surface area contributed by atoms with Crippen LogP contribution < -0.4 is 0 Å². The van der Waals surface area contributed by atoms with Gasteiger partial charge in [-0.05, 0) is 19.3 Å². The van der Waals surface area contributed by atoms with Gasteiger partial charge in [0.1, 0.15) is 0 Å². The van der Waals surface area contributed by atoms with E-state index >= 15 is 0 Å². The fourth-order valence-corrected chi connectivity index (χ4v) is 1.19. The van der Waals surface area contributed by atoms with E-state index in [9.17, 15) is 4.79 Å². The summed E-state index contributed by atoms with van der Waals surface area (Å²) in [4.78, 5) is 10.4. The SMILES string of the molecule is C#CCCCCC1=C[C@H]1C(=O)O. The van der Waals surface area contributed by atoms with Gasteiger partial charge in [0.15, 0.2) is 0 Å². The predicted molar refractivity (Wildman–Crippen MR) is 46.5 cm³/mol. The lowest BCUT2D eigenvalue weighted by atomic mass is 10.1. The Morgan fingerprint density at radius 1 is 1.67 bits per heavy atom. The van der Waals surface area contributed by atoms with Gasteiger partial charge in [0.25, 0.3) is 0 Å². The largest absolute Gasteiger partial charge is 0.481 e. The minimum atomic E-state index is -0.720. The Labute approximate surface area is 72.3 Å². The molecule has 0 aliphatic heterocycles. The molecule has 0 aromatic rings. The van der Waals surface area contributed by atoms with Crippen LogP contribution in [0, 0.1) is 18.3 Å². The number of rotatable bonds is 5. The van der Waals surface area contributed by atoms with Gasteiger partial charge in [-0.15, -0.1) is 12.3 Å². The number of carboxylic acid groups (broad SMARTS) is 1. The minimum absolute atomic E-state index is 0.254. The van der Waals surface area contributed by atoms with Crippen LogP contribution >= 0.6 is 0 Å². The van der Waals surface area contributed by atoms with Crippen molar-refractivity contribution in [3.63, 3.8) is 0 Å². The molecule has 64 valence electrons. The molecule has 0 amide bonds. The van der Waals surface area contributed by atoms with Crippen LogP contribution in [-0.2, 0) is 4.79 Å². The van der Waals surface area contributed by atoms with Gasteiger partial charge in [-0.3, -0.25) is 4.79 Å². The summed E-state index contributed by atoms with van der Waals surface area (Å²) < 4.78 is 0. The van der Waals surface area contributed by atoms with Gasteiger partial charge in [-0.1, -0.05) is 11.6 Å². The molecule has 1 rings (SSSR count). The number of aliphatic carboxylic acids is 1. The molecular formula is C10H12O2. The van der Waals surface area contributed by atoms with Crippen molar-refractivity contribution in [3.05, 3.63) is 11.6 Å². The summed E-state index contributed by atoms with van der Waals surface area (Å²) in [6, 6.07) is 0. The van der Waals surface area contributed by atoms with Crippen molar-refractivity contribution in [2.24, 2.45) is 5.92 Å². The molecule has 1 aliphatic rings. The van der Waals surface area contributed by atoms with Gasteiger partial charge in [-0.25, -0.2) is 0 Å². The topological polar surface area (TPSA) is 37.3 Å². The third-order valence-electron chi connectivity index (χ3n) is 1.97. The van der Waals surface area contributed by atoms with Crippen LogP contribution in [0.2, 0.25) is 0 Å². The Morgan fingerprint density at radius 2 is 2.42 bits per heavy atom. The van der Waals surface area contributed by atoms with Crippen LogP contribution in [0.4, 0.5) is 0 Å². The van der Waals surface area contributed by atoms with E-state index in [0.717, 1.165) is 31.3 Å². The molecule has 0 aromatic carbocycles. The first-order chi connectivity index (χ1) is 5.75. The number of unbranched alkanes of at least 4 members (excludes halogenated alkanes) is 2. The normalized spacial score (nSPS) is 19.6. The average Bonchev–Trinajstić information content (AvgIpc) is 2.77. The van der Waals surface area contributed by atoms with Gasteiger partial charge >= 0.3 is 5.97 Å². The zero-order valence-electron chi connectivity index (χ0n) is 6.92. The van der Waals surface area contributed by atoms with E-state index in [0.29, 0.717) is 0 Å². The van der Waals surface area contributed by atoms with Crippen molar-refractivity contribution in [1.29, 1.82) is 0 Å². The molecular weight excluding hydrogens is 152 g/mol. The number of hydrogen-bond acceptors (Lipinski definition) is 1. The van der Waals surface area contributed by atoms with Gasteiger partial charge in [0, 0.05) is 6.42 Å². The van der Waals surface area contributed by atoms with E-state index in [1.54, 1.807) is 6.08 Å². The zero-order valence-corrected chi connectivity index (χ0v) is 6.92. The van der Waals surface area contributed by atoms with Crippen molar-refractivity contribution in [2.75, 3.05) is 0 Å². The third kappa shape index (κ3) is 2.43. The highest BCUT2D eigenvalue weighted by atomic mass is 16.4. The quantitative estimate of drug-likeness (QED) is 0.382. The maximum atomic E-state index is 10.4. The second-order valence-corrected chi connectivity index (χ2v) is 2.97. The van der Waals surface area contributed by atoms with Crippen molar-refractivity contribution in [3.8, 4) is 12.3 Å². The molecule has 1 N–H and O–H groups in total. The van der Waals surface area contributed by atoms with Gasteiger partial charge in [0.05, 0.1) is 5.92 Å². The molecule has 1 atom stereocenters. The van der Waals surface area contributed by atoms with E-state index in [1.165, 1.54) is 0 Å². The summed E-state index contributed by atoms with van der Waals surface area (Å²) in [5, 5.41) is 8.54. The molecule has 0 saturated heterocycles. The summed E-state index contributed by atoms with van der Waals surface area (Å²) in [7, 11) is 0. The highest BCUT2D eigenvalue weighted by Crippen LogP contribution is 2.33. The maximum Gasteiger partial charge on any atom is 0.314 e. The molecule has 1 aliphatic carbocycles. The lowest BCUT2D eigenvalue weighted by Gasteiger charge is -1.94. The summed E-state index contributed by atoms with van der Waals surface area (Å²) in [5.41, 5.74) is 1.07. The van der Waals surface area contributed by atoms with Crippen molar-refractivity contribution in [1.82, 2.24) is 0 Å². The minimum Gasteiger partial charge on any atom is -0.481 e. The van der Waals surface area contributed by atoms with Gasteiger partial charge < -0.3 is 5.11 Å². The molecule has 0 heterocycles. The summed E-state index contributed by atoms with van der Waals surface area (Å²) in [5.74, 6) is 1.59. The summed E-state index contributed by atoms with van der Waals surface area (Å²) in [6.07, 6.45) is 10.6. The van der Waals surface area contributed by atoms with E-state index in [1.807, 2.05) is 0 Å². The van der Waals surface area contributed by atoms with Crippen LogP contribution in [0.25, 0.3) is 0 Å². The number of hydrogen-bond donors (Lipinski definition) is 1. The predicted octanol–water partition coefficient (Wildman–Crippen LogP) is 1.82. The molecule has 0 bridgehead atoms. The highest BCUT2D eigenvalue weighted by molar-refractivity contribution is 5.81. The smallest absolute Gasteiger partial charge is 0.314 e. The molecule has 0 spiro atoms. The molecule has 12 heavy (non-hydrogen) atoms. The first-order valence-corrected chi connectivity index (χ1v) is 4.12. The number of carboxylic acids is 1. The maximum absolute atomic E-state index is 10.4. The fraction of sp³-hybridized carbons (Fsp3) is 0.500. The summed E-state index contributed by atoms with van der Waals surface area (Å²) in [6.45, 7) is 0. The Balaban J connectivity index is 2.01. The van der Waals surface area contributed by atoms with E-state index in [-0.39, 0.29) is 5.92 Å². The molecule has 2 heteroatoms. The Bertz CT molecular complexity index is 245. The average molecular weight is 164 g/mol. The first-order valence-electron chi connectivity index (χ1n) is 4.12. The molecule has 0 radical (unpaired) electrons. The Kier molecular flexibility index (Phi) is 2.93. The van der Waals surface area contributed by atoms with Crippen molar-refractivity contribution >= 4 is 5.97 Å². The highest BCUT2D eigenvalue weighted by Gasteiger charge is 2.30. The fourth-order valence-electron chi connectivity index (χ4n) is 1.19.